The molecule has 0 aliphatic heterocycles. The fourth-order valence-corrected chi connectivity index (χ4v) is 1.64. The highest BCUT2D eigenvalue weighted by atomic mass is 16.5. The molecular formula is C14H22N2O2. The zero-order valence-corrected chi connectivity index (χ0v) is 11.5. The van der Waals surface area contributed by atoms with Crippen LogP contribution < -0.4 is 15.8 Å². The third-order valence-electron chi connectivity index (χ3n) is 2.91. The second-order valence-electron chi connectivity index (χ2n) is 4.54. The Hall–Kier alpha value is -1.55. The smallest absolute Gasteiger partial charge is 0.260 e. The quantitative estimate of drug-likeness (QED) is 0.831. The molecule has 1 aromatic carbocycles. The van der Waals surface area contributed by atoms with Crippen molar-refractivity contribution in [1.29, 1.82) is 0 Å². The van der Waals surface area contributed by atoms with Crippen molar-refractivity contribution in [3.63, 3.8) is 0 Å². The van der Waals surface area contributed by atoms with Gasteiger partial charge in [-0.1, -0.05) is 6.07 Å². The van der Waals surface area contributed by atoms with Gasteiger partial charge in [0.05, 0.1) is 0 Å². The lowest BCUT2D eigenvalue weighted by molar-refractivity contribution is -0.127. The molecule has 1 rings (SSSR count). The Morgan fingerprint density at radius 2 is 1.89 bits per heavy atom. The van der Waals surface area contributed by atoms with E-state index < -0.39 is 6.10 Å². The number of carbonyl (C=O) groups is 1. The summed E-state index contributed by atoms with van der Waals surface area (Å²) in [5, 5.41) is 2.71. The molecule has 1 atom stereocenters. The van der Waals surface area contributed by atoms with Crippen molar-refractivity contribution in [2.45, 2.75) is 33.8 Å². The average Bonchev–Trinajstić information content (AvgIpc) is 2.32. The summed E-state index contributed by atoms with van der Waals surface area (Å²) in [5.74, 6) is 0.617. The van der Waals surface area contributed by atoms with Crippen LogP contribution >= 0.6 is 0 Å². The van der Waals surface area contributed by atoms with Gasteiger partial charge in [0.2, 0.25) is 0 Å². The van der Waals surface area contributed by atoms with E-state index in [1.165, 1.54) is 5.56 Å². The number of nitrogens with one attached hydrogen (secondary N) is 1. The number of amides is 1. The third kappa shape index (κ3) is 3.74. The van der Waals surface area contributed by atoms with Crippen LogP contribution in [-0.2, 0) is 4.79 Å². The van der Waals surface area contributed by atoms with E-state index >= 15 is 0 Å². The van der Waals surface area contributed by atoms with Crippen LogP contribution in [0.3, 0.4) is 0 Å². The third-order valence-corrected chi connectivity index (χ3v) is 2.91. The molecule has 0 radical (unpaired) electrons. The molecule has 3 N–H and O–H groups in total. The maximum atomic E-state index is 11.7. The zero-order valence-electron chi connectivity index (χ0n) is 11.5. The summed E-state index contributed by atoms with van der Waals surface area (Å²) in [5.41, 5.74) is 8.75. The first-order chi connectivity index (χ1) is 8.45. The van der Waals surface area contributed by atoms with E-state index in [4.69, 9.17) is 10.5 Å². The largest absolute Gasteiger partial charge is 0.481 e. The van der Waals surface area contributed by atoms with Crippen LogP contribution in [0.2, 0.25) is 0 Å². The molecule has 0 heterocycles. The molecular weight excluding hydrogens is 228 g/mol. The standard InChI is InChI=1S/C14H22N2O2/c1-9-7-11(3)13(8-10(9)2)18-12(4)14(17)16-6-5-15/h7-8,12H,5-6,15H2,1-4H3,(H,16,17). The summed E-state index contributed by atoms with van der Waals surface area (Å²) < 4.78 is 5.69. The SMILES string of the molecule is Cc1cc(C)c(OC(C)C(=O)NCCN)cc1C. The van der Waals surface area contributed by atoms with Crippen LogP contribution in [0.5, 0.6) is 5.75 Å². The van der Waals surface area contributed by atoms with Crippen LogP contribution in [-0.4, -0.2) is 25.1 Å². The first-order valence-electron chi connectivity index (χ1n) is 6.18. The lowest BCUT2D eigenvalue weighted by Gasteiger charge is -2.17. The van der Waals surface area contributed by atoms with Crippen LogP contribution in [0.1, 0.15) is 23.6 Å². The normalized spacial score (nSPS) is 12.1. The summed E-state index contributed by atoms with van der Waals surface area (Å²) in [6, 6.07) is 4.03. The monoisotopic (exact) mass is 250 g/mol. The molecule has 1 aromatic rings. The number of hydrogen-bond donors (Lipinski definition) is 2. The van der Waals surface area contributed by atoms with E-state index in [1.54, 1.807) is 6.92 Å². The molecule has 0 saturated heterocycles. The summed E-state index contributed by atoms with van der Waals surface area (Å²) >= 11 is 0. The molecule has 4 nitrogen and oxygen atoms in total. The van der Waals surface area contributed by atoms with Crippen molar-refractivity contribution < 1.29 is 9.53 Å². The van der Waals surface area contributed by atoms with Crippen LogP contribution in [0, 0.1) is 20.8 Å². The molecule has 1 amide bonds. The van der Waals surface area contributed by atoms with E-state index in [2.05, 4.69) is 18.3 Å². The van der Waals surface area contributed by atoms with Gasteiger partial charge in [-0.3, -0.25) is 4.79 Å². The Kier molecular flexibility index (Phi) is 5.16. The Labute approximate surface area is 109 Å². The van der Waals surface area contributed by atoms with Crippen molar-refractivity contribution in [3.05, 3.63) is 28.8 Å². The first kappa shape index (κ1) is 14.5. The van der Waals surface area contributed by atoms with Gasteiger partial charge in [0.1, 0.15) is 5.75 Å². The Balaban J connectivity index is 2.72. The highest BCUT2D eigenvalue weighted by Crippen LogP contribution is 2.23. The van der Waals surface area contributed by atoms with Gasteiger partial charge >= 0.3 is 0 Å². The number of benzene rings is 1. The molecule has 0 saturated carbocycles. The summed E-state index contributed by atoms with van der Waals surface area (Å²) in [4.78, 5) is 11.7. The lowest BCUT2D eigenvalue weighted by Crippen LogP contribution is -2.38. The predicted molar refractivity (Wildman–Crippen MR) is 72.8 cm³/mol. The second-order valence-corrected chi connectivity index (χ2v) is 4.54. The van der Waals surface area contributed by atoms with E-state index in [0.717, 1.165) is 16.9 Å². The van der Waals surface area contributed by atoms with Gasteiger partial charge in [0, 0.05) is 13.1 Å². The van der Waals surface area contributed by atoms with E-state index in [9.17, 15) is 4.79 Å². The molecule has 0 aromatic heterocycles. The highest BCUT2D eigenvalue weighted by Gasteiger charge is 2.15. The van der Waals surface area contributed by atoms with E-state index in [0.29, 0.717) is 13.1 Å². The van der Waals surface area contributed by atoms with Crippen LogP contribution in [0.25, 0.3) is 0 Å². The molecule has 0 fully saturated rings. The topological polar surface area (TPSA) is 64.3 Å². The zero-order chi connectivity index (χ0) is 13.7. The number of carbonyl (C=O) groups excluding carboxylic acids is 1. The number of rotatable bonds is 5. The first-order valence-corrected chi connectivity index (χ1v) is 6.18. The maximum absolute atomic E-state index is 11.7. The molecule has 4 heteroatoms. The van der Waals surface area contributed by atoms with Gasteiger partial charge in [0.25, 0.3) is 5.91 Å². The number of ether oxygens (including phenoxy) is 1. The second kappa shape index (κ2) is 6.40. The van der Waals surface area contributed by atoms with Crippen molar-refractivity contribution in [1.82, 2.24) is 5.32 Å². The predicted octanol–water partition coefficient (Wildman–Crippen LogP) is 1.45. The average molecular weight is 250 g/mol. The summed E-state index contributed by atoms with van der Waals surface area (Å²) in [6.07, 6.45) is -0.516. The van der Waals surface area contributed by atoms with Gasteiger partial charge in [-0.25, -0.2) is 0 Å². The van der Waals surface area contributed by atoms with E-state index in [-0.39, 0.29) is 5.91 Å². The number of aryl methyl sites for hydroxylation is 3. The molecule has 100 valence electrons. The van der Waals surface area contributed by atoms with Gasteiger partial charge in [0.15, 0.2) is 6.10 Å². The Morgan fingerprint density at radius 1 is 1.28 bits per heavy atom. The van der Waals surface area contributed by atoms with Gasteiger partial charge in [-0.15, -0.1) is 0 Å². The van der Waals surface area contributed by atoms with Crippen LogP contribution in [0.4, 0.5) is 0 Å². The minimum atomic E-state index is -0.516. The van der Waals surface area contributed by atoms with Crippen molar-refractivity contribution in [2.75, 3.05) is 13.1 Å². The number of nitrogens with two attached hydrogens (primary N) is 1. The lowest BCUT2D eigenvalue weighted by atomic mass is 10.1. The molecule has 0 spiro atoms. The Bertz CT molecular complexity index is 430. The molecule has 0 aliphatic carbocycles. The highest BCUT2D eigenvalue weighted by molar-refractivity contribution is 5.80. The number of hydrogen-bond acceptors (Lipinski definition) is 3. The van der Waals surface area contributed by atoms with Gasteiger partial charge in [-0.05, 0) is 50.5 Å². The maximum Gasteiger partial charge on any atom is 0.260 e. The summed E-state index contributed by atoms with van der Waals surface area (Å²) in [7, 11) is 0. The van der Waals surface area contributed by atoms with Crippen LogP contribution in [0.15, 0.2) is 12.1 Å². The van der Waals surface area contributed by atoms with Gasteiger partial charge < -0.3 is 15.8 Å². The molecule has 0 aliphatic rings. The van der Waals surface area contributed by atoms with E-state index in [1.807, 2.05) is 19.9 Å². The molecule has 18 heavy (non-hydrogen) atoms. The Morgan fingerprint density at radius 3 is 2.50 bits per heavy atom. The van der Waals surface area contributed by atoms with Crippen molar-refractivity contribution >= 4 is 5.91 Å². The molecule has 0 bridgehead atoms. The van der Waals surface area contributed by atoms with Gasteiger partial charge in [-0.2, -0.15) is 0 Å². The molecule has 1 unspecified atom stereocenters. The fourth-order valence-electron chi connectivity index (χ4n) is 1.64. The minimum absolute atomic E-state index is 0.141. The summed E-state index contributed by atoms with van der Waals surface area (Å²) in [6.45, 7) is 8.70. The van der Waals surface area contributed by atoms with Crippen molar-refractivity contribution in [2.24, 2.45) is 5.73 Å². The minimum Gasteiger partial charge on any atom is -0.481 e. The fraction of sp³-hybridized carbons (Fsp3) is 0.500. The van der Waals surface area contributed by atoms with Crippen molar-refractivity contribution in [3.8, 4) is 5.75 Å².